The molecule has 1 saturated heterocycles. The van der Waals surface area contributed by atoms with Crippen LogP contribution in [0.2, 0.25) is 0 Å². The molecule has 1 fully saturated rings. The minimum Gasteiger partial charge on any atom is -0.495 e. The van der Waals surface area contributed by atoms with Gasteiger partial charge in [-0.2, -0.15) is 0 Å². The molecule has 1 aromatic rings. The van der Waals surface area contributed by atoms with Crippen LogP contribution in [0, 0.1) is 0 Å². The Hall–Kier alpha value is -1.30. The van der Waals surface area contributed by atoms with Gasteiger partial charge in [0.05, 0.1) is 19.3 Å². The van der Waals surface area contributed by atoms with E-state index in [1.807, 2.05) is 31.3 Å². The van der Waals surface area contributed by atoms with Crippen molar-refractivity contribution in [3.63, 3.8) is 0 Å². The SMILES string of the molecule is CNC1CCN(CC(=O)Nc2ccccc2OC)C1.Cl. The number of halogens is 1. The van der Waals surface area contributed by atoms with E-state index in [4.69, 9.17) is 4.74 Å². The van der Waals surface area contributed by atoms with Gasteiger partial charge in [-0.15, -0.1) is 12.4 Å². The van der Waals surface area contributed by atoms with Gasteiger partial charge in [-0.3, -0.25) is 9.69 Å². The van der Waals surface area contributed by atoms with Crippen LogP contribution < -0.4 is 15.4 Å². The summed E-state index contributed by atoms with van der Waals surface area (Å²) in [6.07, 6.45) is 1.10. The summed E-state index contributed by atoms with van der Waals surface area (Å²) in [5, 5.41) is 6.14. The molecule has 0 bridgehead atoms. The van der Waals surface area contributed by atoms with Crippen molar-refractivity contribution in [2.75, 3.05) is 39.1 Å². The maximum Gasteiger partial charge on any atom is 0.238 e. The summed E-state index contributed by atoms with van der Waals surface area (Å²) in [7, 11) is 3.56. The first-order valence-electron chi connectivity index (χ1n) is 6.55. The largest absolute Gasteiger partial charge is 0.495 e. The van der Waals surface area contributed by atoms with Gasteiger partial charge in [-0.25, -0.2) is 0 Å². The highest BCUT2D eigenvalue weighted by Gasteiger charge is 2.22. The van der Waals surface area contributed by atoms with Crippen LogP contribution in [0.25, 0.3) is 0 Å². The highest BCUT2D eigenvalue weighted by Crippen LogP contribution is 2.22. The number of para-hydroxylation sites is 2. The van der Waals surface area contributed by atoms with E-state index in [0.29, 0.717) is 18.3 Å². The number of benzene rings is 1. The van der Waals surface area contributed by atoms with Gasteiger partial charge in [-0.1, -0.05) is 12.1 Å². The van der Waals surface area contributed by atoms with Gasteiger partial charge in [0.1, 0.15) is 5.75 Å². The molecule has 1 amide bonds. The highest BCUT2D eigenvalue weighted by molar-refractivity contribution is 5.93. The topological polar surface area (TPSA) is 53.6 Å². The zero-order chi connectivity index (χ0) is 13.7. The molecule has 1 aromatic carbocycles. The summed E-state index contributed by atoms with van der Waals surface area (Å²) in [6.45, 7) is 2.32. The monoisotopic (exact) mass is 299 g/mol. The highest BCUT2D eigenvalue weighted by atomic mass is 35.5. The Morgan fingerprint density at radius 1 is 1.45 bits per heavy atom. The molecule has 2 N–H and O–H groups in total. The molecule has 0 aromatic heterocycles. The van der Waals surface area contributed by atoms with Crippen molar-refractivity contribution in [2.24, 2.45) is 0 Å². The number of nitrogens with one attached hydrogen (secondary N) is 2. The Labute approximate surface area is 126 Å². The van der Waals surface area contributed by atoms with E-state index < -0.39 is 0 Å². The molecule has 2 rings (SSSR count). The summed E-state index contributed by atoms with van der Waals surface area (Å²) < 4.78 is 5.21. The van der Waals surface area contributed by atoms with Crippen LogP contribution in [-0.2, 0) is 4.79 Å². The average molecular weight is 300 g/mol. The summed E-state index contributed by atoms with van der Waals surface area (Å²) in [5.41, 5.74) is 0.722. The van der Waals surface area contributed by atoms with Crippen molar-refractivity contribution in [1.82, 2.24) is 10.2 Å². The number of hydrogen-bond donors (Lipinski definition) is 2. The molecule has 0 aliphatic carbocycles. The Balaban J connectivity index is 0.00000200. The van der Waals surface area contributed by atoms with E-state index in [1.165, 1.54) is 0 Å². The first-order chi connectivity index (χ1) is 9.22. The van der Waals surface area contributed by atoms with E-state index in [2.05, 4.69) is 15.5 Å². The number of amides is 1. The fraction of sp³-hybridized carbons (Fsp3) is 0.500. The van der Waals surface area contributed by atoms with E-state index in [0.717, 1.165) is 25.2 Å². The molecule has 112 valence electrons. The van der Waals surface area contributed by atoms with Crippen molar-refractivity contribution in [3.8, 4) is 5.75 Å². The molecule has 0 saturated carbocycles. The maximum absolute atomic E-state index is 12.0. The van der Waals surface area contributed by atoms with Gasteiger partial charge < -0.3 is 15.4 Å². The van der Waals surface area contributed by atoms with E-state index in [9.17, 15) is 4.79 Å². The van der Waals surface area contributed by atoms with Gasteiger partial charge in [-0.05, 0) is 25.6 Å². The molecule has 1 heterocycles. The van der Waals surface area contributed by atoms with Crippen LogP contribution in [0.15, 0.2) is 24.3 Å². The number of nitrogens with zero attached hydrogens (tertiary/aromatic N) is 1. The lowest BCUT2D eigenvalue weighted by molar-refractivity contribution is -0.117. The van der Waals surface area contributed by atoms with Crippen LogP contribution >= 0.6 is 12.4 Å². The minimum absolute atomic E-state index is 0. The number of likely N-dealkylation sites (N-methyl/N-ethyl adjacent to an activating group) is 1. The molecule has 6 heteroatoms. The number of likely N-dealkylation sites (tertiary alicyclic amines) is 1. The second-order valence-corrected chi connectivity index (χ2v) is 4.76. The maximum atomic E-state index is 12.0. The van der Waals surface area contributed by atoms with E-state index in [-0.39, 0.29) is 18.3 Å². The summed E-state index contributed by atoms with van der Waals surface area (Å²) in [5.74, 6) is 0.687. The summed E-state index contributed by atoms with van der Waals surface area (Å²) in [4.78, 5) is 14.2. The fourth-order valence-corrected chi connectivity index (χ4v) is 2.35. The van der Waals surface area contributed by atoms with Crippen LogP contribution in [0.3, 0.4) is 0 Å². The first-order valence-corrected chi connectivity index (χ1v) is 6.55. The lowest BCUT2D eigenvalue weighted by Crippen LogP contribution is -2.34. The molecular weight excluding hydrogens is 278 g/mol. The zero-order valence-electron chi connectivity index (χ0n) is 11.9. The van der Waals surface area contributed by atoms with Crippen molar-refractivity contribution in [2.45, 2.75) is 12.5 Å². The fourth-order valence-electron chi connectivity index (χ4n) is 2.35. The number of anilines is 1. The standard InChI is InChI=1S/C14H21N3O2.ClH/c1-15-11-7-8-17(9-11)10-14(18)16-12-5-3-4-6-13(12)19-2;/h3-6,11,15H,7-10H2,1-2H3,(H,16,18);1H. The molecule has 1 aliphatic rings. The molecule has 1 aliphatic heterocycles. The van der Waals surface area contributed by atoms with Crippen molar-refractivity contribution < 1.29 is 9.53 Å². The molecule has 0 spiro atoms. The van der Waals surface area contributed by atoms with Crippen LogP contribution in [0.5, 0.6) is 5.75 Å². The third-order valence-electron chi connectivity index (χ3n) is 3.43. The molecule has 1 unspecified atom stereocenters. The van der Waals surface area contributed by atoms with Gasteiger partial charge in [0, 0.05) is 19.1 Å². The summed E-state index contributed by atoms with van der Waals surface area (Å²) in [6, 6.07) is 7.94. The molecular formula is C14H22ClN3O2. The van der Waals surface area contributed by atoms with Gasteiger partial charge >= 0.3 is 0 Å². The van der Waals surface area contributed by atoms with E-state index in [1.54, 1.807) is 7.11 Å². The normalized spacial score (nSPS) is 18.4. The van der Waals surface area contributed by atoms with E-state index >= 15 is 0 Å². The van der Waals surface area contributed by atoms with Gasteiger partial charge in [0.2, 0.25) is 5.91 Å². The van der Waals surface area contributed by atoms with Gasteiger partial charge in [0.15, 0.2) is 0 Å². The van der Waals surface area contributed by atoms with Crippen molar-refractivity contribution in [3.05, 3.63) is 24.3 Å². The Morgan fingerprint density at radius 3 is 2.85 bits per heavy atom. The predicted octanol–water partition coefficient (Wildman–Crippen LogP) is 1.35. The molecule has 0 radical (unpaired) electrons. The number of hydrogen-bond acceptors (Lipinski definition) is 4. The number of rotatable bonds is 5. The average Bonchev–Trinajstić information content (AvgIpc) is 2.87. The second kappa shape index (κ2) is 8.09. The number of carbonyl (C=O) groups excluding carboxylic acids is 1. The van der Waals surface area contributed by atoms with Gasteiger partial charge in [0.25, 0.3) is 0 Å². The number of methoxy groups -OCH3 is 1. The number of ether oxygens (including phenoxy) is 1. The smallest absolute Gasteiger partial charge is 0.238 e. The quantitative estimate of drug-likeness (QED) is 0.862. The summed E-state index contributed by atoms with van der Waals surface area (Å²) >= 11 is 0. The zero-order valence-corrected chi connectivity index (χ0v) is 12.7. The second-order valence-electron chi connectivity index (χ2n) is 4.76. The van der Waals surface area contributed by atoms with Crippen LogP contribution in [-0.4, -0.2) is 50.6 Å². The first kappa shape index (κ1) is 16.8. The molecule has 1 atom stereocenters. The Kier molecular flexibility index (Phi) is 6.78. The van der Waals surface area contributed by atoms with Crippen molar-refractivity contribution >= 4 is 24.0 Å². The predicted molar refractivity (Wildman–Crippen MR) is 82.8 cm³/mol. The van der Waals surface area contributed by atoms with Crippen LogP contribution in [0.4, 0.5) is 5.69 Å². The minimum atomic E-state index is 0. The lowest BCUT2D eigenvalue weighted by Gasteiger charge is -2.16. The molecule has 5 nitrogen and oxygen atoms in total. The lowest BCUT2D eigenvalue weighted by atomic mass is 10.3. The number of carbonyl (C=O) groups is 1. The third kappa shape index (κ3) is 4.37. The van der Waals surface area contributed by atoms with Crippen molar-refractivity contribution in [1.29, 1.82) is 0 Å². The van der Waals surface area contributed by atoms with Crippen LogP contribution in [0.1, 0.15) is 6.42 Å². The Morgan fingerprint density at radius 2 is 2.20 bits per heavy atom. The Bertz CT molecular complexity index is 442. The molecule has 20 heavy (non-hydrogen) atoms. The third-order valence-corrected chi connectivity index (χ3v) is 3.43.